The minimum Gasteiger partial charge on any atom is -0.324 e. The van der Waals surface area contributed by atoms with Gasteiger partial charge in [0, 0.05) is 13.1 Å². The molecule has 1 fully saturated rings. The maximum absolute atomic E-state index is 12.8. The molecular weight excluding hydrogens is 321 g/mol. The number of aromatic nitrogens is 2. The molecule has 1 aliphatic rings. The van der Waals surface area contributed by atoms with Crippen molar-refractivity contribution in [2.45, 2.75) is 19.0 Å². The molecule has 1 unspecified atom stereocenters. The molecule has 1 aromatic carbocycles. The number of rotatable bonds is 2. The summed E-state index contributed by atoms with van der Waals surface area (Å²) in [6, 6.07) is 8.79. The van der Waals surface area contributed by atoms with Crippen LogP contribution in [0.1, 0.15) is 12.8 Å². The Bertz CT molecular complexity index is 699. The van der Waals surface area contributed by atoms with Crippen molar-refractivity contribution in [3.05, 3.63) is 42.7 Å². The number of likely N-dealkylation sites (tertiary alicyclic amines) is 1. The van der Waals surface area contributed by atoms with Gasteiger partial charge in [0.1, 0.15) is 0 Å². The Morgan fingerprint density at radius 2 is 2.00 bits per heavy atom. The van der Waals surface area contributed by atoms with E-state index in [2.05, 4.69) is 10.4 Å². The molecule has 0 spiro atoms. The molecule has 0 saturated carbocycles. The third-order valence-electron chi connectivity index (χ3n) is 4.03. The van der Waals surface area contributed by atoms with Crippen molar-refractivity contribution < 1.29 is 18.0 Å². The van der Waals surface area contributed by atoms with Crippen molar-refractivity contribution in [3.8, 4) is 5.69 Å². The fraction of sp³-hybridized carbons (Fsp3) is 0.375. The number of amides is 2. The van der Waals surface area contributed by atoms with Gasteiger partial charge >= 0.3 is 12.2 Å². The quantitative estimate of drug-likeness (QED) is 0.908. The summed E-state index contributed by atoms with van der Waals surface area (Å²) in [5.41, 5.74) is 1.27. The molecule has 24 heavy (non-hydrogen) atoms. The molecule has 2 amide bonds. The van der Waals surface area contributed by atoms with Crippen LogP contribution in [-0.2, 0) is 0 Å². The summed E-state index contributed by atoms with van der Waals surface area (Å²) in [7, 11) is 0. The van der Waals surface area contributed by atoms with E-state index in [9.17, 15) is 18.0 Å². The fourth-order valence-corrected chi connectivity index (χ4v) is 2.74. The fourth-order valence-electron chi connectivity index (χ4n) is 2.74. The van der Waals surface area contributed by atoms with Gasteiger partial charge in [-0.3, -0.25) is 0 Å². The molecule has 1 atom stereocenters. The number of hydrogen-bond donors (Lipinski definition) is 1. The lowest BCUT2D eigenvalue weighted by molar-refractivity contribution is -0.183. The molecular formula is C16H17F3N4O. The molecule has 2 aromatic rings. The number of halogens is 3. The molecule has 128 valence electrons. The second-order valence-electron chi connectivity index (χ2n) is 5.77. The predicted octanol–water partition coefficient (Wildman–Crippen LogP) is 3.68. The number of urea groups is 1. The van der Waals surface area contributed by atoms with Gasteiger partial charge < -0.3 is 10.2 Å². The topological polar surface area (TPSA) is 50.2 Å². The predicted molar refractivity (Wildman–Crippen MR) is 82.9 cm³/mol. The van der Waals surface area contributed by atoms with Crippen molar-refractivity contribution in [2.75, 3.05) is 18.4 Å². The van der Waals surface area contributed by atoms with E-state index in [0.717, 1.165) is 5.69 Å². The highest BCUT2D eigenvalue weighted by atomic mass is 19.4. The summed E-state index contributed by atoms with van der Waals surface area (Å²) < 4.78 is 40.1. The second-order valence-corrected chi connectivity index (χ2v) is 5.77. The molecule has 1 saturated heterocycles. The highest BCUT2D eigenvalue weighted by Gasteiger charge is 2.42. The summed E-state index contributed by atoms with van der Waals surface area (Å²) in [6.45, 7) is 0.0212. The van der Waals surface area contributed by atoms with E-state index in [4.69, 9.17) is 0 Å². The van der Waals surface area contributed by atoms with Crippen LogP contribution in [0.5, 0.6) is 0 Å². The minimum absolute atomic E-state index is 0.0687. The summed E-state index contributed by atoms with van der Waals surface area (Å²) in [4.78, 5) is 13.4. The largest absolute Gasteiger partial charge is 0.393 e. The van der Waals surface area contributed by atoms with Gasteiger partial charge in [-0.2, -0.15) is 18.3 Å². The lowest BCUT2D eigenvalue weighted by Gasteiger charge is -2.33. The van der Waals surface area contributed by atoms with E-state index in [1.54, 1.807) is 10.9 Å². The number of alkyl halides is 3. The number of hydrogen-bond acceptors (Lipinski definition) is 2. The Morgan fingerprint density at radius 1 is 1.25 bits per heavy atom. The van der Waals surface area contributed by atoms with Gasteiger partial charge in [-0.05, 0) is 25.0 Å². The number of piperidine rings is 1. The Morgan fingerprint density at radius 3 is 2.71 bits per heavy atom. The van der Waals surface area contributed by atoms with E-state index < -0.39 is 18.1 Å². The molecule has 8 heteroatoms. The van der Waals surface area contributed by atoms with Gasteiger partial charge in [0.2, 0.25) is 0 Å². The Kier molecular flexibility index (Phi) is 4.46. The highest BCUT2D eigenvalue weighted by molar-refractivity contribution is 5.89. The zero-order chi connectivity index (χ0) is 17.2. The highest BCUT2D eigenvalue weighted by Crippen LogP contribution is 2.33. The Labute approximate surface area is 137 Å². The number of anilines is 1. The van der Waals surface area contributed by atoms with E-state index in [-0.39, 0.29) is 13.0 Å². The van der Waals surface area contributed by atoms with Crippen LogP contribution >= 0.6 is 0 Å². The molecule has 0 radical (unpaired) electrons. The first-order valence-electron chi connectivity index (χ1n) is 7.66. The first-order chi connectivity index (χ1) is 11.4. The van der Waals surface area contributed by atoms with Crippen LogP contribution in [0.4, 0.5) is 23.7 Å². The minimum atomic E-state index is -4.27. The van der Waals surface area contributed by atoms with E-state index in [0.29, 0.717) is 18.7 Å². The van der Waals surface area contributed by atoms with Crippen molar-refractivity contribution >= 4 is 11.7 Å². The summed E-state index contributed by atoms with van der Waals surface area (Å²) in [6.07, 6.45) is -0.758. The van der Waals surface area contributed by atoms with Gasteiger partial charge in [0.25, 0.3) is 0 Å². The van der Waals surface area contributed by atoms with Crippen LogP contribution in [0.2, 0.25) is 0 Å². The van der Waals surface area contributed by atoms with E-state index in [1.165, 1.54) is 11.1 Å². The van der Waals surface area contributed by atoms with Crippen LogP contribution in [0.25, 0.3) is 5.69 Å². The van der Waals surface area contributed by atoms with Gasteiger partial charge in [-0.15, -0.1) is 0 Å². The number of nitrogens with zero attached hydrogens (tertiary/aromatic N) is 3. The summed E-state index contributed by atoms with van der Waals surface area (Å²) >= 11 is 0. The number of carbonyl (C=O) groups excluding carboxylic acids is 1. The van der Waals surface area contributed by atoms with E-state index >= 15 is 0 Å². The van der Waals surface area contributed by atoms with Crippen LogP contribution in [0.3, 0.4) is 0 Å². The number of para-hydroxylation sites is 1. The summed E-state index contributed by atoms with van der Waals surface area (Å²) in [5, 5.41) is 6.75. The molecule has 1 aromatic heterocycles. The smallest absolute Gasteiger partial charge is 0.324 e. The van der Waals surface area contributed by atoms with Gasteiger partial charge in [0.15, 0.2) is 0 Å². The van der Waals surface area contributed by atoms with Crippen LogP contribution in [0, 0.1) is 5.92 Å². The van der Waals surface area contributed by atoms with Crippen molar-refractivity contribution in [1.29, 1.82) is 0 Å². The third-order valence-corrected chi connectivity index (χ3v) is 4.03. The molecule has 5 nitrogen and oxygen atoms in total. The number of nitrogens with one attached hydrogen (secondary N) is 1. The molecule has 0 aliphatic carbocycles. The zero-order valence-electron chi connectivity index (χ0n) is 12.8. The first-order valence-corrected chi connectivity index (χ1v) is 7.66. The summed E-state index contributed by atoms with van der Waals surface area (Å²) in [5.74, 6) is -1.45. The van der Waals surface area contributed by atoms with Gasteiger partial charge in [-0.25, -0.2) is 9.48 Å². The SMILES string of the molecule is O=C(Nc1cnn(-c2ccccc2)c1)N1CCCC(C(F)(F)F)C1. The van der Waals surface area contributed by atoms with Crippen molar-refractivity contribution in [2.24, 2.45) is 5.92 Å². The number of benzene rings is 1. The van der Waals surface area contributed by atoms with Gasteiger partial charge in [-0.1, -0.05) is 18.2 Å². The van der Waals surface area contributed by atoms with E-state index in [1.807, 2.05) is 30.3 Å². The Hall–Kier alpha value is -2.51. The van der Waals surface area contributed by atoms with Crippen molar-refractivity contribution in [3.63, 3.8) is 0 Å². The molecule has 0 bridgehead atoms. The lowest BCUT2D eigenvalue weighted by Crippen LogP contribution is -2.46. The standard InChI is InChI=1S/C16H17F3N4O/c17-16(18,19)12-5-4-8-22(10-12)15(24)21-13-9-20-23(11-13)14-6-2-1-3-7-14/h1-3,6-7,9,11-12H,4-5,8,10H2,(H,21,24). The Balaban J connectivity index is 1.64. The normalized spacial score (nSPS) is 18.5. The van der Waals surface area contributed by atoms with Crippen molar-refractivity contribution in [1.82, 2.24) is 14.7 Å². The molecule has 1 aliphatic heterocycles. The average molecular weight is 338 g/mol. The maximum Gasteiger partial charge on any atom is 0.393 e. The van der Waals surface area contributed by atoms with Crippen LogP contribution < -0.4 is 5.32 Å². The first kappa shape index (κ1) is 16.4. The average Bonchev–Trinajstić information content (AvgIpc) is 3.03. The zero-order valence-corrected chi connectivity index (χ0v) is 12.8. The molecule has 3 rings (SSSR count). The molecule has 1 N–H and O–H groups in total. The number of carbonyl (C=O) groups is 1. The van der Waals surface area contributed by atoms with Gasteiger partial charge in [0.05, 0.1) is 29.7 Å². The molecule has 2 heterocycles. The maximum atomic E-state index is 12.8. The van der Waals surface area contributed by atoms with Crippen LogP contribution in [-0.4, -0.2) is 40.0 Å². The second kappa shape index (κ2) is 6.54. The third kappa shape index (κ3) is 3.69. The lowest BCUT2D eigenvalue weighted by atomic mass is 9.98. The van der Waals surface area contributed by atoms with Crippen LogP contribution in [0.15, 0.2) is 42.7 Å². The monoisotopic (exact) mass is 338 g/mol.